The standard InChI is InChI=1S/C11H18FN3O2/c1-4-5-13-11-14-6-9(12)10(15-11)17-8(2)7-16-3/h6,8H,4-5,7H2,1-3H3,(H,13,14,15). The SMILES string of the molecule is CCCNc1ncc(F)c(OC(C)COC)n1. The number of methoxy groups -OCH3 is 1. The van der Waals surface area contributed by atoms with Gasteiger partial charge in [-0.3, -0.25) is 0 Å². The minimum atomic E-state index is -0.574. The van der Waals surface area contributed by atoms with E-state index >= 15 is 0 Å². The van der Waals surface area contributed by atoms with Gasteiger partial charge in [-0.2, -0.15) is 9.37 Å². The zero-order valence-electron chi connectivity index (χ0n) is 10.4. The average molecular weight is 243 g/mol. The second-order valence-electron chi connectivity index (χ2n) is 3.66. The quantitative estimate of drug-likeness (QED) is 0.792. The summed E-state index contributed by atoms with van der Waals surface area (Å²) < 4.78 is 23.6. The van der Waals surface area contributed by atoms with Gasteiger partial charge < -0.3 is 14.8 Å². The number of nitrogens with one attached hydrogen (secondary N) is 1. The van der Waals surface area contributed by atoms with E-state index in [0.29, 0.717) is 12.6 Å². The van der Waals surface area contributed by atoms with E-state index in [1.165, 1.54) is 0 Å². The number of hydrogen-bond acceptors (Lipinski definition) is 5. The summed E-state index contributed by atoms with van der Waals surface area (Å²) in [7, 11) is 1.56. The van der Waals surface area contributed by atoms with E-state index in [2.05, 4.69) is 15.3 Å². The van der Waals surface area contributed by atoms with Gasteiger partial charge in [-0.25, -0.2) is 4.98 Å². The summed E-state index contributed by atoms with van der Waals surface area (Å²) in [4.78, 5) is 7.78. The van der Waals surface area contributed by atoms with Gasteiger partial charge in [-0.15, -0.1) is 0 Å². The van der Waals surface area contributed by atoms with Crippen LogP contribution in [-0.4, -0.2) is 36.3 Å². The molecule has 17 heavy (non-hydrogen) atoms. The molecule has 0 radical (unpaired) electrons. The Bertz CT molecular complexity index is 349. The van der Waals surface area contributed by atoms with Crippen LogP contribution in [-0.2, 0) is 4.74 Å². The summed E-state index contributed by atoms with van der Waals surface area (Å²) in [6, 6.07) is 0. The van der Waals surface area contributed by atoms with Crippen LogP contribution in [0.25, 0.3) is 0 Å². The second kappa shape index (κ2) is 7.01. The number of nitrogens with zero attached hydrogens (tertiary/aromatic N) is 2. The van der Waals surface area contributed by atoms with Gasteiger partial charge in [0.05, 0.1) is 12.8 Å². The number of halogens is 1. The fourth-order valence-corrected chi connectivity index (χ4v) is 1.22. The van der Waals surface area contributed by atoms with Crippen LogP contribution in [0.15, 0.2) is 6.20 Å². The molecule has 0 saturated heterocycles. The van der Waals surface area contributed by atoms with Crippen molar-refractivity contribution in [1.82, 2.24) is 9.97 Å². The highest BCUT2D eigenvalue weighted by atomic mass is 19.1. The van der Waals surface area contributed by atoms with Gasteiger partial charge in [0, 0.05) is 13.7 Å². The molecule has 5 nitrogen and oxygen atoms in total. The lowest BCUT2D eigenvalue weighted by Crippen LogP contribution is -2.20. The molecule has 1 rings (SSSR count). The van der Waals surface area contributed by atoms with Crippen LogP contribution in [0.4, 0.5) is 10.3 Å². The molecule has 0 spiro atoms. The molecular formula is C11H18FN3O2. The highest BCUT2D eigenvalue weighted by molar-refractivity contribution is 5.28. The average Bonchev–Trinajstić information content (AvgIpc) is 2.30. The number of hydrogen-bond donors (Lipinski definition) is 1. The maximum Gasteiger partial charge on any atom is 0.255 e. The zero-order chi connectivity index (χ0) is 12.7. The lowest BCUT2D eigenvalue weighted by Gasteiger charge is -2.13. The Balaban J connectivity index is 2.68. The summed E-state index contributed by atoms with van der Waals surface area (Å²) >= 11 is 0. The Morgan fingerprint density at radius 2 is 2.29 bits per heavy atom. The van der Waals surface area contributed by atoms with Gasteiger partial charge in [0.25, 0.3) is 5.88 Å². The monoisotopic (exact) mass is 243 g/mol. The minimum Gasteiger partial charge on any atom is -0.470 e. The largest absolute Gasteiger partial charge is 0.470 e. The first-order valence-electron chi connectivity index (χ1n) is 5.59. The van der Waals surface area contributed by atoms with Crippen molar-refractivity contribution >= 4 is 5.95 Å². The predicted octanol–water partition coefficient (Wildman–Crippen LogP) is 1.85. The summed E-state index contributed by atoms with van der Waals surface area (Å²) in [6.07, 6.45) is 1.78. The number of aromatic nitrogens is 2. The molecule has 1 aromatic heterocycles. The van der Waals surface area contributed by atoms with Crippen molar-refractivity contribution in [2.75, 3.05) is 25.6 Å². The molecule has 0 saturated carbocycles. The molecule has 0 aliphatic rings. The van der Waals surface area contributed by atoms with Gasteiger partial charge in [0.2, 0.25) is 11.8 Å². The summed E-state index contributed by atoms with van der Waals surface area (Å²) in [6.45, 7) is 4.92. The van der Waals surface area contributed by atoms with E-state index in [4.69, 9.17) is 9.47 Å². The smallest absolute Gasteiger partial charge is 0.255 e. The molecule has 1 atom stereocenters. The van der Waals surface area contributed by atoms with E-state index in [9.17, 15) is 4.39 Å². The lowest BCUT2D eigenvalue weighted by molar-refractivity contribution is 0.0858. The first kappa shape index (κ1) is 13.6. The molecular weight excluding hydrogens is 225 g/mol. The van der Waals surface area contributed by atoms with Gasteiger partial charge in [-0.05, 0) is 13.3 Å². The maximum absolute atomic E-state index is 13.4. The van der Waals surface area contributed by atoms with E-state index in [0.717, 1.165) is 19.2 Å². The normalized spacial score (nSPS) is 12.2. The van der Waals surface area contributed by atoms with Crippen LogP contribution in [0.3, 0.4) is 0 Å². The molecule has 0 bridgehead atoms. The number of rotatable bonds is 7. The van der Waals surface area contributed by atoms with Crippen molar-refractivity contribution in [3.05, 3.63) is 12.0 Å². The molecule has 1 unspecified atom stereocenters. The number of anilines is 1. The van der Waals surface area contributed by atoms with Crippen LogP contribution < -0.4 is 10.1 Å². The molecule has 0 aliphatic carbocycles. The highest BCUT2D eigenvalue weighted by Gasteiger charge is 2.11. The minimum absolute atomic E-state index is 0.0526. The number of ether oxygens (including phenoxy) is 2. The third kappa shape index (κ3) is 4.52. The van der Waals surface area contributed by atoms with E-state index < -0.39 is 5.82 Å². The van der Waals surface area contributed by atoms with E-state index in [1.54, 1.807) is 14.0 Å². The molecule has 0 aliphatic heterocycles. The van der Waals surface area contributed by atoms with Gasteiger partial charge in [0.1, 0.15) is 6.10 Å². The zero-order valence-corrected chi connectivity index (χ0v) is 10.4. The van der Waals surface area contributed by atoms with Crippen molar-refractivity contribution in [2.24, 2.45) is 0 Å². The third-order valence-corrected chi connectivity index (χ3v) is 1.96. The lowest BCUT2D eigenvalue weighted by atomic mass is 10.4. The Labute approximate surface area is 100 Å². The van der Waals surface area contributed by atoms with Crippen molar-refractivity contribution in [3.8, 4) is 5.88 Å². The molecule has 1 aromatic rings. The molecule has 0 amide bonds. The summed E-state index contributed by atoms with van der Waals surface area (Å²) in [5.41, 5.74) is 0. The fraction of sp³-hybridized carbons (Fsp3) is 0.636. The van der Waals surface area contributed by atoms with Crippen LogP contribution >= 0.6 is 0 Å². The van der Waals surface area contributed by atoms with Crippen LogP contribution in [0.1, 0.15) is 20.3 Å². The Kier molecular flexibility index (Phi) is 5.62. The predicted molar refractivity (Wildman–Crippen MR) is 62.7 cm³/mol. The van der Waals surface area contributed by atoms with Crippen molar-refractivity contribution in [3.63, 3.8) is 0 Å². The van der Waals surface area contributed by atoms with E-state index in [1.807, 2.05) is 6.92 Å². The molecule has 1 heterocycles. The Morgan fingerprint density at radius 1 is 1.53 bits per heavy atom. The van der Waals surface area contributed by atoms with Crippen molar-refractivity contribution < 1.29 is 13.9 Å². The van der Waals surface area contributed by atoms with Crippen LogP contribution in [0.5, 0.6) is 5.88 Å². The first-order chi connectivity index (χ1) is 8.17. The summed E-state index contributed by atoms with van der Waals surface area (Å²) in [5, 5.41) is 2.97. The van der Waals surface area contributed by atoms with Gasteiger partial charge >= 0.3 is 0 Å². The Morgan fingerprint density at radius 3 is 2.94 bits per heavy atom. The summed E-state index contributed by atoms with van der Waals surface area (Å²) in [5.74, 6) is -0.258. The third-order valence-electron chi connectivity index (χ3n) is 1.96. The molecule has 6 heteroatoms. The molecule has 0 aromatic carbocycles. The molecule has 96 valence electrons. The second-order valence-corrected chi connectivity index (χ2v) is 3.66. The van der Waals surface area contributed by atoms with E-state index in [-0.39, 0.29) is 12.0 Å². The molecule has 0 fully saturated rings. The van der Waals surface area contributed by atoms with Gasteiger partial charge in [0.15, 0.2) is 0 Å². The van der Waals surface area contributed by atoms with Crippen LogP contribution in [0.2, 0.25) is 0 Å². The first-order valence-corrected chi connectivity index (χ1v) is 5.59. The fourth-order valence-electron chi connectivity index (χ4n) is 1.22. The Hall–Kier alpha value is -1.43. The van der Waals surface area contributed by atoms with Gasteiger partial charge in [-0.1, -0.05) is 6.92 Å². The topological polar surface area (TPSA) is 56.3 Å². The molecule has 1 N–H and O–H groups in total. The van der Waals surface area contributed by atoms with Crippen molar-refractivity contribution in [2.45, 2.75) is 26.4 Å². The maximum atomic E-state index is 13.4. The van der Waals surface area contributed by atoms with Crippen LogP contribution in [0, 0.1) is 5.82 Å². The highest BCUT2D eigenvalue weighted by Crippen LogP contribution is 2.16. The van der Waals surface area contributed by atoms with Crippen molar-refractivity contribution in [1.29, 1.82) is 0 Å².